The van der Waals surface area contributed by atoms with Gasteiger partial charge in [-0.2, -0.15) is 0 Å². The number of aromatic nitrogens is 2. The number of aliphatic imine (C=N–C) groups is 1. The SMILES string of the molecule is Cc1cccc(NS(=O)(=O)c2ccc(N=Cc3c(C)[nH]n(-c4ccc(Cl)cc4)c3=O)cc2)c1. The number of halogens is 1. The number of aryl methyl sites for hydroxylation is 2. The first-order valence-electron chi connectivity index (χ1n) is 10.0. The molecule has 9 heteroatoms. The lowest BCUT2D eigenvalue weighted by Crippen LogP contribution is -2.17. The summed E-state index contributed by atoms with van der Waals surface area (Å²) in [5.41, 5.74) is 3.43. The number of nitrogens with one attached hydrogen (secondary N) is 2. The maximum Gasteiger partial charge on any atom is 0.280 e. The fourth-order valence-corrected chi connectivity index (χ4v) is 4.43. The van der Waals surface area contributed by atoms with Gasteiger partial charge in [-0.25, -0.2) is 13.1 Å². The molecular formula is C24H21ClN4O3S. The Morgan fingerprint density at radius 1 is 1.00 bits per heavy atom. The van der Waals surface area contributed by atoms with Crippen molar-refractivity contribution in [1.29, 1.82) is 0 Å². The topological polar surface area (TPSA) is 96.3 Å². The molecular weight excluding hydrogens is 460 g/mol. The van der Waals surface area contributed by atoms with Crippen molar-refractivity contribution in [3.05, 3.63) is 105 Å². The highest BCUT2D eigenvalue weighted by Crippen LogP contribution is 2.20. The largest absolute Gasteiger partial charge is 0.295 e. The Hall–Kier alpha value is -3.62. The molecule has 4 rings (SSSR count). The normalized spacial score (nSPS) is 11.7. The summed E-state index contributed by atoms with van der Waals surface area (Å²) in [6.45, 7) is 3.67. The quantitative estimate of drug-likeness (QED) is 0.380. The van der Waals surface area contributed by atoms with Crippen molar-refractivity contribution in [2.75, 3.05) is 4.72 Å². The van der Waals surface area contributed by atoms with Gasteiger partial charge in [-0.3, -0.25) is 19.6 Å². The zero-order chi connectivity index (χ0) is 23.6. The van der Waals surface area contributed by atoms with Crippen LogP contribution in [0.1, 0.15) is 16.8 Å². The van der Waals surface area contributed by atoms with E-state index in [0.717, 1.165) is 5.56 Å². The minimum absolute atomic E-state index is 0.117. The van der Waals surface area contributed by atoms with Crippen molar-refractivity contribution >= 4 is 39.2 Å². The van der Waals surface area contributed by atoms with E-state index in [1.54, 1.807) is 61.5 Å². The van der Waals surface area contributed by atoms with Crippen LogP contribution in [-0.4, -0.2) is 24.4 Å². The van der Waals surface area contributed by atoms with Gasteiger partial charge in [0.1, 0.15) is 0 Å². The van der Waals surface area contributed by atoms with E-state index in [9.17, 15) is 13.2 Å². The van der Waals surface area contributed by atoms with Gasteiger partial charge in [0.25, 0.3) is 15.6 Å². The van der Waals surface area contributed by atoms with Crippen LogP contribution in [0.5, 0.6) is 0 Å². The van der Waals surface area contributed by atoms with Crippen LogP contribution < -0.4 is 10.3 Å². The fraction of sp³-hybridized carbons (Fsp3) is 0.0833. The Labute approximate surface area is 196 Å². The lowest BCUT2D eigenvalue weighted by Gasteiger charge is -2.08. The highest BCUT2D eigenvalue weighted by atomic mass is 35.5. The molecule has 7 nitrogen and oxygen atoms in total. The molecule has 33 heavy (non-hydrogen) atoms. The summed E-state index contributed by atoms with van der Waals surface area (Å²) in [5, 5.41) is 3.60. The predicted octanol–water partition coefficient (Wildman–Crippen LogP) is 4.99. The van der Waals surface area contributed by atoms with Crippen LogP contribution in [0.4, 0.5) is 11.4 Å². The minimum Gasteiger partial charge on any atom is -0.295 e. The standard InChI is InChI=1S/C24H21ClN4O3S/c1-16-4-3-5-20(14-16)28-33(31,32)22-12-8-19(9-13-22)26-15-23-17(2)27-29(24(23)30)21-10-6-18(25)7-11-21/h3-15,27-28H,1-2H3. The molecule has 0 unspecified atom stereocenters. The van der Waals surface area contributed by atoms with Gasteiger partial charge >= 0.3 is 0 Å². The maximum atomic E-state index is 12.8. The van der Waals surface area contributed by atoms with Crippen molar-refractivity contribution in [3.63, 3.8) is 0 Å². The second kappa shape index (κ2) is 9.09. The first kappa shape index (κ1) is 22.6. The Bertz CT molecular complexity index is 1490. The van der Waals surface area contributed by atoms with E-state index in [2.05, 4.69) is 14.8 Å². The molecule has 0 saturated heterocycles. The average molecular weight is 481 g/mol. The number of hydrogen-bond donors (Lipinski definition) is 2. The third kappa shape index (κ3) is 5.08. The number of anilines is 1. The Morgan fingerprint density at radius 3 is 2.36 bits per heavy atom. The summed E-state index contributed by atoms with van der Waals surface area (Å²) in [6.07, 6.45) is 1.47. The van der Waals surface area contributed by atoms with Crippen molar-refractivity contribution in [2.45, 2.75) is 18.7 Å². The van der Waals surface area contributed by atoms with Crippen molar-refractivity contribution in [2.24, 2.45) is 4.99 Å². The van der Waals surface area contributed by atoms with Gasteiger partial charge in [0.2, 0.25) is 0 Å². The van der Waals surface area contributed by atoms with Crippen molar-refractivity contribution in [3.8, 4) is 5.69 Å². The molecule has 0 radical (unpaired) electrons. The lowest BCUT2D eigenvalue weighted by molar-refractivity contribution is 0.601. The summed E-state index contributed by atoms with van der Waals surface area (Å²) in [4.78, 5) is 17.3. The molecule has 0 spiro atoms. The van der Waals surface area contributed by atoms with E-state index >= 15 is 0 Å². The number of aromatic amines is 1. The molecule has 0 amide bonds. The van der Waals surface area contributed by atoms with Crippen LogP contribution in [0.2, 0.25) is 5.02 Å². The van der Waals surface area contributed by atoms with Gasteiger partial charge in [0.05, 0.1) is 21.8 Å². The predicted molar refractivity (Wildman–Crippen MR) is 132 cm³/mol. The zero-order valence-corrected chi connectivity index (χ0v) is 19.5. The zero-order valence-electron chi connectivity index (χ0n) is 17.9. The fourth-order valence-electron chi connectivity index (χ4n) is 3.26. The number of hydrogen-bond acceptors (Lipinski definition) is 4. The van der Waals surface area contributed by atoms with Gasteiger partial charge in [-0.05, 0) is 80.1 Å². The molecule has 2 N–H and O–H groups in total. The summed E-state index contributed by atoms with van der Waals surface area (Å²) < 4.78 is 29.3. The molecule has 0 aliphatic heterocycles. The highest BCUT2D eigenvalue weighted by molar-refractivity contribution is 7.92. The van der Waals surface area contributed by atoms with E-state index in [4.69, 9.17) is 11.6 Å². The second-order valence-electron chi connectivity index (χ2n) is 7.49. The first-order valence-corrected chi connectivity index (χ1v) is 11.9. The average Bonchev–Trinajstić information content (AvgIpc) is 3.06. The number of rotatable bonds is 6. The van der Waals surface area contributed by atoms with Gasteiger partial charge in [0, 0.05) is 22.6 Å². The number of benzene rings is 3. The number of sulfonamides is 1. The molecule has 1 aromatic heterocycles. The number of nitrogens with zero attached hydrogens (tertiary/aromatic N) is 2. The molecule has 0 aliphatic carbocycles. The third-order valence-electron chi connectivity index (χ3n) is 4.96. The van der Waals surface area contributed by atoms with Crippen molar-refractivity contribution in [1.82, 2.24) is 9.78 Å². The first-order chi connectivity index (χ1) is 15.7. The van der Waals surface area contributed by atoms with Crippen LogP contribution in [0.25, 0.3) is 5.69 Å². The molecule has 0 fully saturated rings. The van der Waals surface area contributed by atoms with Crippen LogP contribution >= 0.6 is 11.6 Å². The van der Waals surface area contributed by atoms with Gasteiger partial charge in [-0.15, -0.1) is 0 Å². The van der Waals surface area contributed by atoms with Crippen LogP contribution in [0.15, 0.2) is 87.5 Å². The summed E-state index contributed by atoms with van der Waals surface area (Å²) in [5.74, 6) is 0. The second-order valence-corrected chi connectivity index (χ2v) is 9.61. The molecule has 0 atom stereocenters. The molecule has 0 saturated carbocycles. The van der Waals surface area contributed by atoms with E-state index in [-0.39, 0.29) is 10.5 Å². The van der Waals surface area contributed by atoms with E-state index in [1.165, 1.54) is 23.0 Å². The lowest BCUT2D eigenvalue weighted by atomic mass is 10.2. The smallest absolute Gasteiger partial charge is 0.280 e. The summed E-state index contributed by atoms with van der Waals surface area (Å²) in [6, 6.07) is 20.1. The van der Waals surface area contributed by atoms with Crippen molar-refractivity contribution < 1.29 is 8.42 Å². The Balaban J connectivity index is 1.54. The molecule has 168 valence electrons. The maximum absolute atomic E-state index is 12.8. The summed E-state index contributed by atoms with van der Waals surface area (Å²) in [7, 11) is -3.73. The van der Waals surface area contributed by atoms with Crippen LogP contribution in [0, 0.1) is 13.8 Å². The molecule has 0 aliphatic rings. The van der Waals surface area contributed by atoms with Gasteiger partial charge in [-0.1, -0.05) is 23.7 Å². The van der Waals surface area contributed by atoms with Crippen LogP contribution in [0.3, 0.4) is 0 Å². The van der Waals surface area contributed by atoms with Crippen LogP contribution in [-0.2, 0) is 10.0 Å². The van der Waals surface area contributed by atoms with Gasteiger partial charge in [0.15, 0.2) is 0 Å². The minimum atomic E-state index is -3.73. The Kier molecular flexibility index (Phi) is 6.22. The third-order valence-corrected chi connectivity index (χ3v) is 6.61. The van der Waals surface area contributed by atoms with Gasteiger partial charge < -0.3 is 0 Å². The van der Waals surface area contributed by atoms with E-state index in [0.29, 0.717) is 33.3 Å². The van der Waals surface area contributed by atoms with E-state index < -0.39 is 10.0 Å². The molecule has 3 aromatic carbocycles. The van der Waals surface area contributed by atoms with E-state index in [1.807, 2.05) is 13.0 Å². The highest BCUT2D eigenvalue weighted by Gasteiger charge is 2.14. The number of H-pyrrole nitrogens is 1. The molecule has 4 aromatic rings. The molecule has 0 bridgehead atoms. The molecule has 1 heterocycles. The monoisotopic (exact) mass is 480 g/mol. The summed E-state index contributed by atoms with van der Waals surface area (Å²) >= 11 is 5.92. The Morgan fingerprint density at radius 2 is 1.70 bits per heavy atom.